The van der Waals surface area contributed by atoms with Crippen molar-refractivity contribution in [3.05, 3.63) is 0 Å². The number of hydrogen-bond donors (Lipinski definition) is 2. The van der Waals surface area contributed by atoms with E-state index in [1.54, 1.807) is 0 Å². The minimum atomic E-state index is -4.88. The zero-order valence-electron chi connectivity index (χ0n) is 11.1. The van der Waals surface area contributed by atoms with Gasteiger partial charge >= 0.3 is 12.1 Å². The van der Waals surface area contributed by atoms with Crippen LogP contribution in [0.2, 0.25) is 0 Å². The van der Waals surface area contributed by atoms with Crippen molar-refractivity contribution in [2.24, 2.45) is 5.92 Å². The van der Waals surface area contributed by atoms with Gasteiger partial charge in [0.2, 0.25) is 0 Å². The van der Waals surface area contributed by atoms with Gasteiger partial charge in [0.05, 0.1) is 11.7 Å². The van der Waals surface area contributed by atoms with Crippen molar-refractivity contribution >= 4 is 16.1 Å². The Morgan fingerprint density at radius 2 is 1.75 bits per heavy atom. The Morgan fingerprint density at radius 1 is 1.30 bits per heavy atom. The highest BCUT2D eigenvalue weighted by molar-refractivity contribution is 7.85. The molecular weight excluding hydrogens is 305 g/mol. The van der Waals surface area contributed by atoms with E-state index < -0.39 is 52.1 Å². The zero-order valence-corrected chi connectivity index (χ0v) is 12.0. The van der Waals surface area contributed by atoms with Crippen LogP contribution in [-0.4, -0.2) is 47.7 Å². The van der Waals surface area contributed by atoms with Crippen molar-refractivity contribution in [2.45, 2.75) is 45.1 Å². The third kappa shape index (κ3) is 6.53. The lowest BCUT2D eigenvalue weighted by atomic mass is 9.98. The summed E-state index contributed by atoms with van der Waals surface area (Å²) in [6.07, 6.45) is -7.04. The predicted octanol–water partition coefficient (Wildman–Crippen LogP) is 1.15. The average molecular weight is 322 g/mol. The number of ether oxygens (including phenoxy) is 1. The molecule has 0 aliphatic carbocycles. The summed E-state index contributed by atoms with van der Waals surface area (Å²) in [4.78, 5) is 11.4. The van der Waals surface area contributed by atoms with Gasteiger partial charge in [-0.2, -0.15) is 21.6 Å². The lowest BCUT2D eigenvalue weighted by Crippen LogP contribution is -2.45. The quantitative estimate of drug-likeness (QED) is 0.562. The first-order chi connectivity index (χ1) is 8.66. The molecule has 0 aromatic heterocycles. The molecule has 3 atom stereocenters. The molecule has 120 valence electrons. The first kappa shape index (κ1) is 19.1. The van der Waals surface area contributed by atoms with E-state index in [0.717, 1.165) is 13.8 Å². The molecule has 20 heavy (non-hydrogen) atoms. The largest absolute Gasteiger partial charge is 0.462 e. The van der Waals surface area contributed by atoms with E-state index in [1.165, 1.54) is 0 Å². The second-order valence-electron chi connectivity index (χ2n) is 4.87. The third-order valence-electron chi connectivity index (χ3n) is 2.48. The number of aliphatic hydroxyl groups is 1. The molecule has 0 aliphatic rings. The van der Waals surface area contributed by atoms with E-state index in [-0.39, 0.29) is 0 Å². The predicted molar refractivity (Wildman–Crippen MR) is 62.4 cm³/mol. The maximum atomic E-state index is 12.4. The highest BCUT2D eigenvalue weighted by Crippen LogP contribution is 2.34. The fraction of sp³-hybridized carbons (Fsp3) is 0.900. The van der Waals surface area contributed by atoms with Crippen molar-refractivity contribution in [1.82, 2.24) is 0 Å². The van der Waals surface area contributed by atoms with Gasteiger partial charge in [-0.1, -0.05) is 6.92 Å². The van der Waals surface area contributed by atoms with Gasteiger partial charge in [0.1, 0.15) is 6.10 Å². The van der Waals surface area contributed by atoms with Crippen molar-refractivity contribution in [1.29, 1.82) is 0 Å². The molecule has 0 saturated heterocycles. The minimum Gasteiger partial charge on any atom is -0.462 e. The molecule has 0 aromatic carbocycles. The fourth-order valence-electron chi connectivity index (χ4n) is 1.42. The van der Waals surface area contributed by atoms with E-state index in [9.17, 15) is 31.5 Å². The molecule has 0 heterocycles. The molecule has 0 fully saturated rings. The topological polar surface area (TPSA) is 101 Å². The fourth-order valence-corrected chi connectivity index (χ4v) is 2.18. The van der Waals surface area contributed by atoms with Crippen LogP contribution >= 0.6 is 0 Å². The number of alkyl halides is 3. The summed E-state index contributed by atoms with van der Waals surface area (Å²) in [5.74, 6) is -3.20. The van der Waals surface area contributed by atoms with E-state index in [4.69, 9.17) is 4.55 Å². The van der Waals surface area contributed by atoms with Crippen LogP contribution in [0.1, 0.15) is 27.2 Å². The molecule has 0 aliphatic heterocycles. The standard InChI is InChI=1S/C10H17F3O6S/c1-6(5-20(16,17)18)8(14)19-7(2)4-9(3,15)10(11,12)13/h6-7,15H,4-5H2,1-3H3,(H,16,17,18). The molecule has 0 amide bonds. The minimum absolute atomic E-state index is 0.541. The maximum Gasteiger partial charge on any atom is 0.417 e. The number of esters is 1. The molecular formula is C10H17F3O6S. The summed E-state index contributed by atoms with van der Waals surface area (Å²) >= 11 is 0. The normalized spacial score (nSPS) is 19.0. The van der Waals surface area contributed by atoms with Crippen LogP contribution in [0.5, 0.6) is 0 Å². The van der Waals surface area contributed by atoms with Crippen LogP contribution in [-0.2, 0) is 19.6 Å². The van der Waals surface area contributed by atoms with Crippen molar-refractivity contribution in [3.63, 3.8) is 0 Å². The first-order valence-electron chi connectivity index (χ1n) is 5.60. The van der Waals surface area contributed by atoms with Crippen LogP contribution in [0.25, 0.3) is 0 Å². The Kier molecular flexibility index (Phi) is 6.00. The molecule has 3 unspecified atom stereocenters. The van der Waals surface area contributed by atoms with E-state index >= 15 is 0 Å². The molecule has 0 spiro atoms. The molecule has 2 N–H and O–H groups in total. The summed E-state index contributed by atoms with van der Waals surface area (Å²) < 4.78 is 71.5. The summed E-state index contributed by atoms with van der Waals surface area (Å²) in [6, 6.07) is 0. The number of carbonyl (C=O) groups excluding carboxylic acids is 1. The van der Waals surface area contributed by atoms with Gasteiger partial charge in [-0.15, -0.1) is 0 Å². The third-order valence-corrected chi connectivity index (χ3v) is 3.40. The lowest BCUT2D eigenvalue weighted by molar-refractivity contribution is -0.261. The zero-order chi connectivity index (χ0) is 16.4. The lowest BCUT2D eigenvalue weighted by Gasteiger charge is -2.29. The molecule has 0 aromatic rings. The van der Waals surface area contributed by atoms with Crippen molar-refractivity contribution < 1.29 is 40.8 Å². The van der Waals surface area contributed by atoms with Gasteiger partial charge in [-0.05, 0) is 13.8 Å². The monoisotopic (exact) mass is 322 g/mol. The van der Waals surface area contributed by atoms with Crippen LogP contribution in [0.15, 0.2) is 0 Å². The summed E-state index contributed by atoms with van der Waals surface area (Å²) in [5, 5.41) is 9.21. The average Bonchev–Trinajstić information content (AvgIpc) is 2.11. The molecule has 6 nitrogen and oxygen atoms in total. The second-order valence-corrected chi connectivity index (χ2v) is 6.37. The van der Waals surface area contributed by atoms with Crippen molar-refractivity contribution in [3.8, 4) is 0 Å². The molecule has 0 bridgehead atoms. The summed E-state index contributed by atoms with van der Waals surface area (Å²) in [5.41, 5.74) is -3.03. The molecule has 0 radical (unpaired) electrons. The Hall–Kier alpha value is -0.870. The molecule has 0 saturated carbocycles. The Morgan fingerprint density at radius 3 is 2.10 bits per heavy atom. The number of rotatable bonds is 6. The van der Waals surface area contributed by atoms with E-state index in [2.05, 4.69) is 4.74 Å². The highest BCUT2D eigenvalue weighted by Gasteiger charge is 2.50. The Bertz CT molecular complexity index is 442. The van der Waals surface area contributed by atoms with Gasteiger partial charge in [-0.25, -0.2) is 0 Å². The first-order valence-corrected chi connectivity index (χ1v) is 7.21. The number of halogens is 3. The van der Waals surface area contributed by atoms with Crippen LogP contribution < -0.4 is 0 Å². The van der Waals surface area contributed by atoms with Gasteiger partial charge in [0.25, 0.3) is 10.1 Å². The Balaban J connectivity index is 4.55. The second kappa shape index (κ2) is 6.27. The van der Waals surface area contributed by atoms with Gasteiger partial charge in [0.15, 0.2) is 5.60 Å². The number of carbonyl (C=O) groups is 1. The summed E-state index contributed by atoms with van der Waals surface area (Å²) in [6.45, 7) is 2.82. The van der Waals surface area contributed by atoms with Gasteiger partial charge in [0, 0.05) is 6.42 Å². The molecule has 10 heteroatoms. The van der Waals surface area contributed by atoms with Gasteiger partial charge < -0.3 is 9.84 Å². The van der Waals surface area contributed by atoms with Crippen LogP contribution in [0, 0.1) is 5.92 Å². The van der Waals surface area contributed by atoms with Crippen molar-refractivity contribution in [2.75, 3.05) is 5.75 Å². The van der Waals surface area contributed by atoms with E-state index in [0.29, 0.717) is 6.92 Å². The van der Waals surface area contributed by atoms with Crippen LogP contribution in [0.3, 0.4) is 0 Å². The Labute approximate surface area is 114 Å². The maximum absolute atomic E-state index is 12.4. The van der Waals surface area contributed by atoms with E-state index in [1.807, 2.05) is 0 Å². The van der Waals surface area contributed by atoms with Gasteiger partial charge in [-0.3, -0.25) is 9.35 Å². The highest BCUT2D eigenvalue weighted by atomic mass is 32.2. The molecule has 0 rings (SSSR count). The number of hydrogen-bond acceptors (Lipinski definition) is 5. The summed E-state index contributed by atoms with van der Waals surface area (Å²) in [7, 11) is -4.39. The smallest absolute Gasteiger partial charge is 0.417 e. The SMILES string of the molecule is CC(CC(C)(O)C(F)(F)F)OC(=O)C(C)CS(=O)(=O)O. The van der Waals surface area contributed by atoms with Crippen LogP contribution in [0.4, 0.5) is 13.2 Å².